The van der Waals surface area contributed by atoms with Gasteiger partial charge >= 0.3 is 0 Å². The molecule has 1 aliphatic rings. The lowest BCUT2D eigenvalue weighted by Crippen LogP contribution is -2.43. The predicted molar refractivity (Wildman–Crippen MR) is 75.5 cm³/mol. The number of hydrogen-bond donors (Lipinski definition) is 2. The second-order valence-corrected chi connectivity index (χ2v) is 4.84. The van der Waals surface area contributed by atoms with E-state index >= 15 is 0 Å². The summed E-state index contributed by atoms with van der Waals surface area (Å²) >= 11 is 0. The zero-order valence-electron chi connectivity index (χ0n) is 11.7. The summed E-state index contributed by atoms with van der Waals surface area (Å²) in [5, 5.41) is 3.38. The monoisotopic (exact) mass is 279 g/mol. The number of carbonyl (C=O) groups excluding carboxylic acids is 1. The van der Waals surface area contributed by atoms with E-state index in [2.05, 4.69) is 20.2 Å². The van der Waals surface area contributed by atoms with Crippen LogP contribution < -0.4 is 15.8 Å². The van der Waals surface area contributed by atoms with Crippen LogP contribution in [0.3, 0.4) is 0 Å². The number of primary amides is 1. The molecule has 7 nitrogen and oxygen atoms in total. The fraction of sp³-hybridized carbons (Fsp3) is 0.615. The molecule has 3 N–H and O–H groups in total. The second kappa shape index (κ2) is 7.04. The van der Waals surface area contributed by atoms with Crippen molar-refractivity contribution >= 4 is 11.7 Å². The van der Waals surface area contributed by atoms with Crippen molar-refractivity contribution < 1.29 is 9.53 Å². The van der Waals surface area contributed by atoms with Crippen molar-refractivity contribution in [2.75, 3.05) is 31.6 Å². The molecule has 1 aromatic heterocycles. The molecule has 1 saturated heterocycles. The van der Waals surface area contributed by atoms with Crippen LogP contribution in [0.15, 0.2) is 12.4 Å². The highest BCUT2D eigenvalue weighted by Crippen LogP contribution is 2.17. The number of nitrogens with one attached hydrogen (secondary N) is 1. The van der Waals surface area contributed by atoms with Crippen LogP contribution in [0.25, 0.3) is 0 Å². The molecule has 110 valence electrons. The van der Waals surface area contributed by atoms with Crippen LogP contribution in [-0.2, 0) is 4.79 Å². The zero-order chi connectivity index (χ0) is 14.4. The Balaban J connectivity index is 1.83. The van der Waals surface area contributed by atoms with E-state index in [9.17, 15) is 4.79 Å². The normalized spacial score (nSPS) is 16.9. The number of hydrogen-bond acceptors (Lipinski definition) is 6. The minimum absolute atomic E-state index is 0.270. The average molecular weight is 279 g/mol. The zero-order valence-corrected chi connectivity index (χ0v) is 11.7. The maximum atomic E-state index is 10.9. The molecule has 20 heavy (non-hydrogen) atoms. The molecular weight excluding hydrogens is 258 g/mol. The molecule has 1 aliphatic heterocycles. The molecule has 0 radical (unpaired) electrons. The highest BCUT2D eigenvalue weighted by molar-refractivity contribution is 5.75. The van der Waals surface area contributed by atoms with Gasteiger partial charge in [0.25, 0.3) is 0 Å². The summed E-state index contributed by atoms with van der Waals surface area (Å²) in [6, 6.07) is 2.16. The topological polar surface area (TPSA) is 93.4 Å². The summed E-state index contributed by atoms with van der Waals surface area (Å²) in [5.41, 5.74) is 5.20. The number of carbonyl (C=O) groups is 1. The van der Waals surface area contributed by atoms with Gasteiger partial charge in [0.05, 0.1) is 13.2 Å². The van der Waals surface area contributed by atoms with Crippen LogP contribution >= 0.6 is 0 Å². The smallest absolute Gasteiger partial charge is 0.231 e. The maximum Gasteiger partial charge on any atom is 0.231 e. The van der Waals surface area contributed by atoms with Gasteiger partial charge in [0.15, 0.2) is 0 Å². The van der Waals surface area contributed by atoms with Crippen molar-refractivity contribution in [2.45, 2.75) is 25.8 Å². The van der Waals surface area contributed by atoms with Gasteiger partial charge in [-0.25, -0.2) is 9.97 Å². The number of nitrogens with two attached hydrogens (primary N) is 1. The van der Waals surface area contributed by atoms with Crippen molar-refractivity contribution in [1.29, 1.82) is 0 Å². The highest BCUT2D eigenvalue weighted by atomic mass is 16.5. The molecule has 1 aromatic rings. The van der Waals surface area contributed by atoms with E-state index < -0.39 is 0 Å². The molecule has 0 spiro atoms. The van der Waals surface area contributed by atoms with Crippen molar-refractivity contribution in [3.05, 3.63) is 12.4 Å². The summed E-state index contributed by atoms with van der Waals surface area (Å²) in [6.07, 6.45) is 3.41. The van der Waals surface area contributed by atoms with E-state index in [-0.39, 0.29) is 5.91 Å². The number of amides is 1. The molecule has 0 aliphatic carbocycles. The van der Waals surface area contributed by atoms with Gasteiger partial charge in [-0.1, -0.05) is 0 Å². The summed E-state index contributed by atoms with van der Waals surface area (Å²) in [4.78, 5) is 21.2. The number of piperidine rings is 1. The number of ether oxygens (including phenoxy) is 1. The van der Waals surface area contributed by atoms with Crippen molar-refractivity contribution in [1.82, 2.24) is 14.9 Å². The third kappa shape index (κ3) is 4.34. The van der Waals surface area contributed by atoms with Crippen molar-refractivity contribution in [3.8, 4) is 5.88 Å². The quantitative estimate of drug-likeness (QED) is 0.774. The molecule has 0 saturated carbocycles. The molecule has 1 amide bonds. The summed E-state index contributed by atoms with van der Waals surface area (Å²) < 4.78 is 5.35. The molecule has 2 heterocycles. The number of likely N-dealkylation sites (tertiary alicyclic amines) is 1. The van der Waals surface area contributed by atoms with Crippen LogP contribution in [0.5, 0.6) is 5.88 Å². The van der Waals surface area contributed by atoms with Gasteiger partial charge in [0.2, 0.25) is 11.8 Å². The summed E-state index contributed by atoms with van der Waals surface area (Å²) in [6.45, 7) is 4.58. The molecular formula is C13H21N5O2. The van der Waals surface area contributed by atoms with Gasteiger partial charge in [0, 0.05) is 25.2 Å². The fourth-order valence-corrected chi connectivity index (χ4v) is 2.31. The number of anilines is 1. The second-order valence-electron chi connectivity index (χ2n) is 4.84. The van der Waals surface area contributed by atoms with Crippen molar-refractivity contribution in [2.24, 2.45) is 5.73 Å². The average Bonchev–Trinajstić information content (AvgIpc) is 2.41. The van der Waals surface area contributed by atoms with E-state index in [4.69, 9.17) is 10.5 Å². The van der Waals surface area contributed by atoms with Crippen LogP contribution in [0.4, 0.5) is 5.82 Å². The van der Waals surface area contributed by atoms with E-state index in [1.165, 1.54) is 6.33 Å². The third-order valence-electron chi connectivity index (χ3n) is 3.25. The van der Waals surface area contributed by atoms with E-state index in [0.29, 0.717) is 25.1 Å². The molecule has 0 bridgehead atoms. The van der Waals surface area contributed by atoms with Crippen molar-refractivity contribution in [3.63, 3.8) is 0 Å². The van der Waals surface area contributed by atoms with Gasteiger partial charge in [0.1, 0.15) is 12.1 Å². The maximum absolute atomic E-state index is 10.9. The molecule has 0 unspecified atom stereocenters. The number of nitrogens with zero attached hydrogens (tertiary/aromatic N) is 3. The van der Waals surface area contributed by atoms with Crippen LogP contribution in [0, 0.1) is 0 Å². The third-order valence-corrected chi connectivity index (χ3v) is 3.25. The Labute approximate surface area is 118 Å². The first kappa shape index (κ1) is 14.5. The minimum Gasteiger partial charge on any atom is -0.478 e. The lowest BCUT2D eigenvalue weighted by Gasteiger charge is -2.31. The molecule has 7 heteroatoms. The first-order valence-electron chi connectivity index (χ1n) is 6.89. The number of rotatable bonds is 6. The minimum atomic E-state index is -0.270. The largest absolute Gasteiger partial charge is 0.478 e. The Morgan fingerprint density at radius 3 is 2.90 bits per heavy atom. The van der Waals surface area contributed by atoms with Gasteiger partial charge in [-0.15, -0.1) is 0 Å². The van der Waals surface area contributed by atoms with E-state index in [1.54, 1.807) is 6.07 Å². The van der Waals surface area contributed by atoms with Gasteiger partial charge < -0.3 is 15.8 Å². The molecule has 0 aromatic carbocycles. The summed E-state index contributed by atoms with van der Waals surface area (Å²) in [7, 11) is 0. The van der Waals surface area contributed by atoms with Gasteiger partial charge in [-0.2, -0.15) is 0 Å². The van der Waals surface area contributed by atoms with E-state index in [1.807, 2.05) is 6.92 Å². The Bertz CT molecular complexity index is 446. The Hall–Kier alpha value is -1.89. The first-order valence-corrected chi connectivity index (χ1v) is 6.89. The Morgan fingerprint density at radius 2 is 2.25 bits per heavy atom. The summed E-state index contributed by atoms with van der Waals surface area (Å²) in [5.74, 6) is 1.08. The standard InChI is InChI=1S/C13H21N5O2/c1-2-20-13-7-12(15-9-16-13)17-10-3-5-18(6-4-10)8-11(14)19/h7,9-10H,2-6,8H2,1H3,(H2,14,19)(H,15,16,17). The lowest BCUT2D eigenvalue weighted by molar-refractivity contribution is -0.119. The number of aromatic nitrogens is 2. The Morgan fingerprint density at radius 1 is 1.50 bits per heavy atom. The van der Waals surface area contributed by atoms with Crippen LogP contribution in [0.2, 0.25) is 0 Å². The Kier molecular flexibility index (Phi) is 5.11. The predicted octanol–water partition coefficient (Wildman–Crippen LogP) is 0.237. The SMILES string of the molecule is CCOc1cc(NC2CCN(CC(N)=O)CC2)ncn1. The molecule has 2 rings (SSSR count). The van der Waals surface area contributed by atoms with Gasteiger partial charge in [-0.3, -0.25) is 9.69 Å². The van der Waals surface area contributed by atoms with Crippen LogP contribution in [-0.4, -0.2) is 53.1 Å². The fourth-order valence-electron chi connectivity index (χ4n) is 2.31. The lowest BCUT2D eigenvalue weighted by atomic mass is 10.1. The first-order chi connectivity index (χ1) is 9.67. The molecule has 0 atom stereocenters. The van der Waals surface area contributed by atoms with Crippen LogP contribution in [0.1, 0.15) is 19.8 Å². The van der Waals surface area contributed by atoms with Gasteiger partial charge in [-0.05, 0) is 19.8 Å². The van der Waals surface area contributed by atoms with E-state index in [0.717, 1.165) is 31.7 Å². The highest BCUT2D eigenvalue weighted by Gasteiger charge is 2.20. The molecule has 1 fully saturated rings.